The summed E-state index contributed by atoms with van der Waals surface area (Å²) in [5, 5.41) is 19.1. The molecule has 0 aliphatic heterocycles. The number of amides is 1. The summed E-state index contributed by atoms with van der Waals surface area (Å²) in [4.78, 5) is 33.6. The third-order valence-corrected chi connectivity index (χ3v) is 2.43. The number of furan rings is 1. The molecule has 0 aliphatic rings. The first-order chi connectivity index (χ1) is 8.82. The third-order valence-electron chi connectivity index (χ3n) is 2.43. The van der Waals surface area contributed by atoms with Gasteiger partial charge >= 0.3 is 11.9 Å². The first-order valence-electron chi connectivity index (χ1n) is 5.60. The molecule has 1 rings (SSSR count). The second kappa shape index (κ2) is 5.98. The number of carbonyl (C=O) groups is 2. The molecule has 104 valence electrons. The predicted octanol–water partition coefficient (Wildman–Crippen LogP) is 1.51. The normalized spacial score (nSPS) is 10.5. The minimum atomic E-state index is -1.02. The summed E-state index contributed by atoms with van der Waals surface area (Å²) in [7, 11) is 0. The molecule has 0 spiro atoms. The van der Waals surface area contributed by atoms with Gasteiger partial charge in [-0.3, -0.25) is 19.7 Å². The predicted molar refractivity (Wildman–Crippen MR) is 63.8 cm³/mol. The van der Waals surface area contributed by atoms with Crippen LogP contribution in [0.5, 0.6) is 0 Å². The number of carboxylic acids is 1. The van der Waals surface area contributed by atoms with Crippen molar-refractivity contribution in [3.05, 3.63) is 28.0 Å². The molecular formula is C11H14N2O6. The van der Waals surface area contributed by atoms with Crippen molar-refractivity contribution in [1.82, 2.24) is 4.90 Å². The lowest BCUT2D eigenvalue weighted by atomic mass is 10.2. The van der Waals surface area contributed by atoms with Gasteiger partial charge in [-0.15, -0.1) is 0 Å². The van der Waals surface area contributed by atoms with E-state index in [1.165, 1.54) is 11.0 Å². The molecule has 0 fully saturated rings. The van der Waals surface area contributed by atoms with Crippen LogP contribution < -0.4 is 0 Å². The van der Waals surface area contributed by atoms with Gasteiger partial charge in [-0.25, -0.2) is 0 Å². The smallest absolute Gasteiger partial charge is 0.433 e. The van der Waals surface area contributed by atoms with Gasteiger partial charge in [0.15, 0.2) is 5.76 Å². The van der Waals surface area contributed by atoms with Crippen LogP contribution in [0.1, 0.15) is 30.8 Å². The van der Waals surface area contributed by atoms with Crippen LogP contribution in [-0.4, -0.2) is 39.4 Å². The number of nitrogens with zero attached hydrogens (tertiary/aromatic N) is 2. The Kier molecular flexibility index (Phi) is 4.62. The Morgan fingerprint density at radius 3 is 2.53 bits per heavy atom. The lowest BCUT2D eigenvalue weighted by Crippen LogP contribution is -2.38. The van der Waals surface area contributed by atoms with E-state index >= 15 is 0 Å². The zero-order valence-corrected chi connectivity index (χ0v) is 10.5. The van der Waals surface area contributed by atoms with Crippen molar-refractivity contribution in [3.8, 4) is 0 Å². The van der Waals surface area contributed by atoms with E-state index in [9.17, 15) is 19.7 Å². The summed E-state index contributed by atoms with van der Waals surface area (Å²) in [6.45, 7) is 3.45. The number of aliphatic carboxylic acids is 1. The third kappa shape index (κ3) is 3.80. The Hall–Kier alpha value is -2.38. The van der Waals surface area contributed by atoms with Crippen LogP contribution in [0, 0.1) is 10.1 Å². The first kappa shape index (κ1) is 14.7. The zero-order valence-electron chi connectivity index (χ0n) is 10.5. The molecule has 0 radical (unpaired) electrons. The Morgan fingerprint density at radius 2 is 2.11 bits per heavy atom. The van der Waals surface area contributed by atoms with Crippen molar-refractivity contribution in [1.29, 1.82) is 0 Å². The minimum Gasteiger partial charge on any atom is -0.481 e. The molecule has 0 aliphatic carbocycles. The molecule has 0 aromatic carbocycles. The summed E-state index contributed by atoms with van der Waals surface area (Å²) < 4.78 is 4.81. The van der Waals surface area contributed by atoms with Crippen LogP contribution in [-0.2, 0) is 4.79 Å². The number of hydrogen-bond donors (Lipinski definition) is 1. The fourth-order valence-corrected chi connectivity index (χ4v) is 1.49. The van der Waals surface area contributed by atoms with Crippen molar-refractivity contribution in [2.45, 2.75) is 26.3 Å². The molecule has 1 aromatic heterocycles. The SMILES string of the molecule is CC(C)N(CCC(=O)O)C(=O)c1ccc([N+](=O)[O-])o1. The molecule has 8 nitrogen and oxygen atoms in total. The summed E-state index contributed by atoms with van der Waals surface area (Å²) >= 11 is 0. The summed E-state index contributed by atoms with van der Waals surface area (Å²) in [5.74, 6) is -2.29. The largest absolute Gasteiger partial charge is 0.481 e. The topological polar surface area (TPSA) is 114 Å². The van der Waals surface area contributed by atoms with Gasteiger partial charge in [0.25, 0.3) is 5.91 Å². The average Bonchev–Trinajstić information content (AvgIpc) is 2.77. The maximum absolute atomic E-state index is 12.1. The standard InChI is InChI=1S/C11H14N2O6/c1-7(2)12(6-5-10(14)15)11(16)8-3-4-9(19-8)13(17)18/h3-4,7H,5-6H2,1-2H3,(H,14,15). The molecule has 8 heteroatoms. The van der Waals surface area contributed by atoms with Crippen molar-refractivity contribution >= 4 is 17.8 Å². The van der Waals surface area contributed by atoms with Gasteiger partial charge in [0, 0.05) is 12.6 Å². The maximum Gasteiger partial charge on any atom is 0.433 e. The number of nitro groups is 1. The van der Waals surface area contributed by atoms with Gasteiger partial charge in [0.05, 0.1) is 12.5 Å². The van der Waals surface area contributed by atoms with Gasteiger partial charge in [-0.1, -0.05) is 0 Å². The molecule has 0 saturated heterocycles. The second-order valence-corrected chi connectivity index (χ2v) is 4.13. The van der Waals surface area contributed by atoms with E-state index in [0.29, 0.717) is 0 Å². The van der Waals surface area contributed by atoms with Gasteiger partial charge in [-0.05, 0) is 19.9 Å². The van der Waals surface area contributed by atoms with Gasteiger partial charge < -0.3 is 14.4 Å². The molecule has 1 heterocycles. The molecule has 1 amide bonds. The van der Waals surface area contributed by atoms with E-state index in [0.717, 1.165) is 6.07 Å². The van der Waals surface area contributed by atoms with E-state index in [4.69, 9.17) is 9.52 Å². The Bertz CT molecular complexity index is 493. The van der Waals surface area contributed by atoms with Crippen LogP contribution in [0.2, 0.25) is 0 Å². The van der Waals surface area contributed by atoms with Crippen molar-refractivity contribution in [2.24, 2.45) is 0 Å². The van der Waals surface area contributed by atoms with Crippen LogP contribution in [0.4, 0.5) is 5.88 Å². The van der Waals surface area contributed by atoms with Gasteiger partial charge in [0.1, 0.15) is 4.92 Å². The first-order valence-corrected chi connectivity index (χ1v) is 5.60. The summed E-state index contributed by atoms with van der Waals surface area (Å²) in [6, 6.07) is 2.05. The van der Waals surface area contributed by atoms with Crippen molar-refractivity contribution in [3.63, 3.8) is 0 Å². The van der Waals surface area contributed by atoms with E-state index < -0.39 is 22.7 Å². The highest BCUT2D eigenvalue weighted by molar-refractivity contribution is 5.92. The van der Waals surface area contributed by atoms with E-state index in [1.807, 2.05) is 0 Å². The highest BCUT2D eigenvalue weighted by atomic mass is 16.6. The molecule has 1 N–H and O–H groups in total. The molecule has 19 heavy (non-hydrogen) atoms. The molecule has 0 saturated carbocycles. The lowest BCUT2D eigenvalue weighted by molar-refractivity contribution is -0.402. The fraction of sp³-hybridized carbons (Fsp3) is 0.455. The number of hydrogen-bond acceptors (Lipinski definition) is 5. The zero-order chi connectivity index (χ0) is 14.6. The summed E-state index contributed by atoms with van der Waals surface area (Å²) in [6.07, 6.45) is -0.202. The maximum atomic E-state index is 12.1. The van der Waals surface area contributed by atoms with Gasteiger partial charge in [0.2, 0.25) is 0 Å². The monoisotopic (exact) mass is 270 g/mol. The Morgan fingerprint density at radius 1 is 1.47 bits per heavy atom. The molecule has 0 atom stereocenters. The summed E-state index contributed by atoms with van der Waals surface area (Å²) in [5.41, 5.74) is 0. The average molecular weight is 270 g/mol. The van der Waals surface area contributed by atoms with Crippen LogP contribution in [0.3, 0.4) is 0 Å². The second-order valence-electron chi connectivity index (χ2n) is 4.13. The molecule has 0 unspecified atom stereocenters. The van der Waals surface area contributed by atoms with Crippen LogP contribution in [0.15, 0.2) is 16.5 Å². The quantitative estimate of drug-likeness (QED) is 0.619. The van der Waals surface area contributed by atoms with Crippen molar-refractivity contribution in [2.75, 3.05) is 6.54 Å². The Labute approximate surface area is 108 Å². The lowest BCUT2D eigenvalue weighted by Gasteiger charge is -2.24. The highest BCUT2D eigenvalue weighted by Crippen LogP contribution is 2.18. The number of rotatable bonds is 6. The highest BCUT2D eigenvalue weighted by Gasteiger charge is 2.24. The van der Waals surface area contributed by atoms with E-state index in [-0.39, 0.29) is 24.8 Å². The number of carboxylic acid groups (broad SMARTS) is 1. The fourth-order valence-electron chi connectivity index (χ4n) is 1.49. The van der Waals surface area contributed by atoms with Gasteiger partial charge in [-0.2, -0.15) is 0 Å². The molecule has 0 bridgehead atoms. The minimum absolute atomic E-state index is 0.0142. The molecular weight excluding hydrogens is 256 g/mol. The van der Waals surface area contributed by atoms with E-state index in [2.05, 4.69) is 0 Å². The van der Waals surface area contributed by atoms with Crippen LogP contribution in [0.25, 0.3) is 0 Å². The Balaban J connectivity index is 2.86. The molecule has 1 aromatic rings. The van der Waals surface area contributed by atoms with E-state index in [1.54, 1.807) is 13.8 Å². The van der Waals surface area contributed by atoms with Crippen molar-refractivity contribution < 1.29 is 24.0 Å². The number of carbonyl (C=O) groups excluding carboxylic acids is 1. The van der Waals surface area contributed by atoms with Crippen LogP contribution >= 0.6 is 0 Å².